The van der Waals surface area contributed by atoms with Gasteiger partial charge in [-0.05, 0) is 70.6 Å². The first-order valence-electron chi connectivity index (χ1n) is 8.83. The molecule has 2 aliphatic carbocycles. The van der Waals surface area contributed by atoms with Crippen molar-refractivity contribution in [3.63, 3.8) is 0 Å². The molecule has 120 valence electrons. The molecule has 0 aromatic rings. The molecule has 2 aliphatic rings. The zero-order chi connectivity index (χ0) is 13.3. The van der Waals surface area contributed by atoms with Crippen LogP contribution >= 0.6 is 23.9 Å². The van der Waals surface area contributed by atoms with E-state index in [4.69, 9.17) is 0 Å². The second-order valence-electron chi connectivity index (χ2n) is 6.74. The van der Waals surface area contributed by atoms with Crippen molar-refractivity contribution in [2.45, 2.75) is 94.8 Å². The fraction of sp³-hybridized carbons (Fsp3) is 1.00. The maximum Gasteiger partial charge on any atom is 0.0678 e. The van der Waals surface area contributed by atoms with E-state index in [-0.39, 0.29) is 24.9 Å². The minimum absolute atomic E-state index is 0. The molecule has 20 heavy (non-hydrogen) atoms. The van der Waals surface area contributed by atoms with Gasteiger partial charge >= 0.3 is 0 Å². The van der Waals surface area contributed by atoms with Crippen LogP contribution in [0.15, 0.2) is 0 Å². The van der Waals surface area contributed by atoms with Gasteiger partial charge in [0, 0.05) is 13.3 Å². The Kier molecular flexibility index (Phi) is 11.6. The second-order valence-corrected chi connectivity index (χ2v) is 10.8. The Labute approximate surface area is 146 Å². The van der Waals surface area contributed by atoms with Crippen LogP contribution in [-0.4, -0.2) is 22.8 Å². The highest BCUT2D eigenvalue weighted by molar-refractivity contribution is 9.09. The van der Waals surface area contributed by atoms with E-state index in [9.17, 15) is 0 Å². The summed E-state index contributed by atoms with van der Waals surface area (Å²) in [5, 5.41) is 1.21. The number of unbranched alkanes of at least 4 members (excludes halogenated alkanes) is 2. The monoisotopic (exact) mass is 426 g/mol. The van der Waals surface area contributed by atoms with Gasteiger partial charge in [0.2, 0.25) is 0 Å². The van der Waals surface area contributed by atoms with Crippen LogP contribution in [0, 0.1) is 0 Å². The topological polar surface area (TPSA) is 0 Å². The van der Waals surface area contributed by atoms with E-state index in [1.165, 1.54) is 48.8 Å². The molecule has 0 heterocycles. The van der Waals surface area contributed by atoms with Gasteiger partial charge in [0.25, 0.3) is 0 Å². The van der Waals surface area contributed by atoms with Gasteiger partial charge in [-0.15, -0.1) is 0 Å². The predicted molar refractivity (Wildman–Crippen MR) is 94.6 cm³/mol. The lowest BCUT2D eigenvalue weighted by Crippen LogP contribution is -3.00. The zero-order valence-electron chi connectivity index (χ0n) is 13.0. The van der Waals surface area contributed by atoms with Crippen LogP contribution in [0.5, 0.6) is 0 Å². The van der Waals surface area contributed by atoms with E-state index in [0.29, 0.717) is 0 Å². The maximum absolute atomic E-state index is 3.58. The SMILES string of the molecule is BrCCCCC[PH+](C1CCCCC1)C1CCCCC1.[Br-]. The molecule has 0 N–H and O–H groups in total. The van der Waals surface area contributed by atoms with Crippen molar-refractivity contribution in [2.24, 2.45) is 0 Å². The van der Waals surface area contributed by atoms with Gasteiger partial charge in [-0.2, -0.15) is 0 Å². The highest BCUT2D eigenvalue weighted by Gasteiger charge is 2.36. The van der Waals surface area contributed by atoms with Crippen molar-refractivity contribution in [1.29, 1.82) is 0 Å². The minimum Gasteiger partial charge on any atom is -1.00 e. The third-order valence-corrected chi connectivity index (χ3v) is 10.1. The number of hydrogen-bond acceptors (Lipinski definition) is 0. The van der Waals surface area contributed by atoms with Crippen molar-refractivity contribution in [2.75, 3.05) is 11.5 Å². The molecule has 0 radical (unpaired) electrons. The highest BCUT2D eigenvalue weighted by atomic mass is 79.9. The zero-order valence-corrected chi connectivity index (χ0v) is 17.2. The Balaban J connectivity index is 0.00000200. The molecule has 0 unspecified atom stereocenters. The second kappa shape index (κ2) is 11.9. The van der Waals surface area contributed by atoms with Crippen LogP contribution in [0.3, 0.4) is 0 Å². The number of hydrogen-bond donors (Lipinski definition) is 0. The van der Waals surface area contributed by atoms with Gasteiger partial charge in [0.05, 0.1) is 17.5 Å². The Morgan fingerprint density at radius 2 is 1.20 bits per heavy atom. The van der Waals surface area contributed by atoms with Crippen LogP contribution < -0.4 is 17.0 Å². The van der Waals surface area contributed by atoms with Crippen molar-refractivity contribution in [3.8, 4) is 0 Å². The number of halogens is 2. The molecule has 0 nitrogen and oxygen atoms in total. The molecular formula is C17H33Br2P. The summed E-state index contributed by atoms with van der Waals surface area (Å²) in [4.78, 5) is 0. The van der Waals surface area contributed by atoms with E-state index in [1.54, 1.807) is 57.5 Å². The highest BCUT2D eigenvalue weighted by Crippen LogP contribution is 2.56. The van der Waals surface area contributed by atoms with Crippen LogP contribution in [0.1, 0.15) is 83.5 Å². The molecule has 0 bridgehead atoms. The summed E-state index contributed by atoms with van der Waals surface area (Å²) in [7, 11) is -0.0417. The van der Waals surface area contributed by atoms with E-state index in [2.05, 4.69) is 15.9 Å². The molecule has 2 fully saturated rings. The molecule has 0 saturated heterocycles. The van der Waals surface area contributed by atoms with E-state index in [0.717, 1.165) is 0 Å². The minimum atomic E-state index is -0.0417. The summed E-state index contributed by atoms with van der Waals surface area (Å²) >= 11 is 3.58. The lowest BCUT2D eigenvalue weighted by molar-refractivity contribution is -0.00000392. The largest absolute Gasteiger partial charge is 1.00 e. The lowest BCUT2D eigenvalue weighted by atomic mass is 9.99. The quantitative estimate of drug-likeness (QED) is 0.331. The van der Waals surface area contributed by atoms with Crippen molar-refractivity contribution in [1.82, 2.24) is 0 Å². The van der Waals surface area contributed by atoms with Gasteiger partial charge in [-0.1, -0.05) is 28.8 Å². The Morgan fingerprint density at radius 3 is 1.65 bits per heavy atom. The summed E-state index contributed by atoms with van der Waals surface area (Å²) in [6.07, 6.45) is 21.7. The summed E-state index contributed by atoms with van der Waals surface area (Å²) in [5.74, 6) is 0. The smallest absolute Gasteiger partial charge is 0.0678 e. The predicted octanol–water partition coefficient (Wildman–Crippen LogP) is 3.44. The van der Waals surface area contributed by atoms with Crippen LogP contribution in [0.25, 0.3) is 0 Å². The molecule has 2 rings (SSSR count). The van der Waals surface area contributed by atoms with Gasteiger partial charge in [-0.3, -0.25) is 0 Å². The maximum atomic E-state index is 3.58. The molecule has 0 aromatic heterocycles. The summed E-state index contributed by atoms with van der Waals surface area (Å²) in [6.45, 7) is 0. The van der Waals surface area contributed by atoms with Gasteiger partial charge in [0.1, 0.15) is 0 Å². The standard InChI is InChI=1S/C17H32BrP.BrH/c18-14-8-3-9-15-19(16-10-4-1-5-11-16)17-12-6-2-7-13-17;/h16-17H,1-15H2;1H. The summed E-state index contributed by atoms with van der Waals surface area (Å²) in [6, 6.07) is 0. The van der Waals surface area contributed by atoms with Crippen LogP contribution in [0.4, 0.5) is 0 Å². The number of alkyl halides is 1. The van der Waals surface area contributed by atoms with E-state index < -0.39 is 0 Å². The Hall–Kier alpha value is 1.39. The fourth-order valence-electron chi connectivity index (χ4n) is 4.29. The molecule has 0 atom stereocenters. The molecule has 0 aromatic carbocycles. The van der Waals surface area contributed by atoms with Crippen molar-refractivity contribution >= 4 is 23.9 Å². The third kappa shape index (κ3) is 6.66. The molecule has 0 spiro atoms. The van der Waals surface area contributed by atoms with E-state index in [1.807, 2.05) is 0 Å². The first-order valence-corrected chi connectivity index (χ1v) is 11.8. The number of rotatable bonds is 7. The average Bonchev–Trinajstić information content (AvgIpc) is 2.49. The lowest BCUT2D eigenvalue weighted by Gasteiger charge is -2.32. The Morgan fingerprint density at radius 1 is 0.700 bits per heavy atom. The van der Waals surface area contributed by atoms with Crippen molar-refractivity contribution < 1.29 is 17.0 Å². The molecule has 0 amide bonds. The first-order chi connectivity index (χ1) is 9.42. The first kappa shape index (κ1) is 19.4. The molecular weight excluding hydrogens is 395 g/mol. The summed E-state index contributed by atoms with van der Waals surface area (Å²) < 4.78 is 0. The van der Waals surface area contributed by atoms with Crippen LogP contribution in [-0.2, 0) is 0 Å². The van der Waals surface area contributed by atoms with E-state index >= 15 is 0 Å². The molecule has 2 saturated carbocycles. The van der Waals surface area contributed by atoms with Gasteiger partial charge in [-0.25, -0.2) is 0 Å². The fourth-order valence-corrected chi connectivity index (χ4v) is 9.13. The summed E-state index contributed by atoms with van der Waals surface area (Å²) in [5.41, 5.74) is 2.40. The Bertz CT molecular complexity index is 205. The van der Waals surface area contributed by atoms with Gasteiger partial charge < -0.3 is 17.0 Å². The third-order valence-electron chi connectivity index (χ3n) is 5.36. The molecule has 3 heteroatoms. The molecule has 0 aliphatic heterocycles. The van der Waals surface area contributed by atoms with Crippen LogP contribution in [0.2, 0.25) is 0 Å². The average molecular weight is 428 g/mol. The normalized spacial score (nSPS) is 21.9. The van der Waals surface area contributed by atoms with Crippen molar-refractivity contribution in [3.05, 3.63) is 0 Å². The van der Waals surface area contributed by atoms with Gasteiger partial charge in [0.15, 0.2) is 0 Å².